The predicted molar refractivity (Wildman–Crippen MR) is 131 cm³/mol. The van der Waals surface area contributed by atoms with Crippen molar-refractivity contribution in [1.82, 2.24) is 4.57 Å². The van der Waals surface area contributed by atoms with E-state index in [0.29, 0.717) is 17.5 Å². The van der Waals surface area contributed by atoms with Crippen molar-refractivity contribution in [1.29, 1.82) is 0 Å². The van der Waals surface area contributed by atoms with Gasteiger partial charge in [0.15, 0.2) is 0 Å². The number of aryl methyl sites for hydroxylation is 2. The fourth-order valence-electron chi connectivity index (χ4n) is 4.06. The molecule has 174 valence electrons. The van der Waals surface area contributed by atoms with Crippen LogP contribution in [0.15, 0.2) is 72.9 Å². The number of nitro benzene ring substituents is 1. The van der Waals surface area contributed by atoms with Crippen molar-refractivity contribution in [3.8, 4) is 16.9 Å². The SMILES string of the molecule is COC(=O)CCc1cc(-c2ccc3c(ccn3C)c2)c(OC(C)c2ccccc2)c([N+](=O)[O-])c1. The van der Waals surface area contributed by atoms with Gasteiger partial charge in [0, 0.05) is 42.2 Å². The number of benzene rings is 3. The van der Waals surface area contributed by atoms with E-state index in [1.807, 2.05) is 85.4 Å². The Morgan fingerprint density at radius 2 is 1.85 bits per heavy atom. The van der Waals surface area contributed by atoms with E-state index < -0.39 is 11.0 Å². The highest BCUT2D eigenvalue weighted by Crippen LogP contribution is 2.42. The molecule has 1 unspecified atom stereocenters. The Morgan fingerprint density at radius 3 is 2.56 bits per heavy atom. The van der Waals surface area contributed by atoms with E-state index in [1.54, 1.807) is 0 Å². The number of rotatable bonds is 8. The van der Waals surface area contributed by atoms with Gasteiger partial charge in [-0.1, -0.05) is 36.4 Å². The molecular weight excluding hydrogens is 432 g/mol. The summed E-state index contributed by atoms with van der Waals surface area (Å²) in [5, 5.41) is 13.1. The molecule has 0 radical (unpaired) electrons. The Labute approximate surface area is 197 Å². The number of nitro groups is 1. The lowest BCUT2D eigenvalue weighted by atomic mass is 9.97. The molecule has 7 heteroatoms. The standard InChI is InChI=1S/C27H26N2O5/c1-18(20-7-5-4-6-8-20)34-27-23(21-10-11-24-22(17-21)13-14-28(24)2)15-19(9-12-26(30)33-3)16-25(27)29(31)32/h4-8,10-11,13-18H,9,12H2,1-3H3. The van der Waals surface area contributed by atoms with Crippen molar-refractivity contribution in [2.75, 3.05) is 7.11 Å². The summed E-state index contributed by atoms with van der Waals surface area (Å²) in [4.78, 5) is 23.4. The van der Waals surface area contributed by atoms with Crippen molar-refractivity contribution >= 4 is 22.6 Å². The number of nitrogens with zero attached hydrogens (tertiary/aromatic N) is 2. The first-order valence-electron chi connectivity index (χ1n) is 11.0. The van der Waals surface area contributed by atoms with E-state index in [-0.39, 0.29) is 23.8 Å². The second-order valence-electron chi connectivity index (χ2n) is 8.20. The third-order valence-corrected chi connectivity index (χ3v) is 5.93. The van der Waals surface area contributed by atoms with Gasteiger partial charge in [-0.25, -0.2) is 0 Å². The van der Waals surface area contributed by atoms with E-state index >= 15 is 0 Å². The molecule has 0 N–H and O–H groups in total. The molecular formula is C27H26N2O5. The number of ether oxygens (including phenoxy) is 2. The van der Waals surface area contributed by atoms with Gasteiger partial charge < -0.3 is 14.0 Å². The molecule has 1 heterocycles. The maximum absolute atomic E-state index is 12.1. The zero-order valence-electron chi connectivity index (χ0n) is 19.4. The monoisotopic (exact) mass is 458 g/mol. The van der Waals surface area contributed by atoms with Gasteiger partial charge in [-0.3, -0.25) is 14.9 Å². The minimum absolute atomic E-state index is 0.130. The number of hydrogen-bond donors (Lipinski definition) is 0. The van der Waals surface area contributed by atoms with Crippen molar-refractivity contribution in [2.45, 2.75) is 25.9 Å². The Bertz CT molecular complexity index is 1340. The molecule has 0 saturated carbocycles. The highest BCUT2D eigenvalue weighted by Gasteiger charge is 2.25. The van der Waals surface area contributed by atoms with Gasteiger partial charge in [0.1, 0.15) is 6.10 Å². The van der Waals surface area contributed by atoms with Crippen molar-refractivity contribution in [3.05, 3.63) is 94.2 Å². The lowest BCUT2D eigenvalue weighted by Gasteiger charge is -2.19. The number of aromatic nitrogens is 1. The average Bonchev–Trinajstić information content (AvgIpc) is 3.23. The fourth-order valence-corrected chi connectivity index (χ4v) is 4.06. The van der Waals surface area contributed by atoms with Gasteiger partial charge >= 0.3 is 11.7 Å². The molecule has 7 nitrogen and oxygen atoms in total. The first-order valence-corrected chi connectivity index (χ1v) is 11.0. The van der Waals surface area contributed by atoms with E-state index in [2.05, 4.69) is 0 Å². The number of carbonyl (C=O) groups is 1. The highest BCUT2D eigenvalue weighted by atomic mass is 16.6. The molecule has 0 amide bonds. The normalized spacial score (nSPS) is 11.9. The van der Waals surface area contributed by atoms with Crippen LogP contribution in [0.2, 0.25) is 0 Å². The zero-order chi connectivity index (χ0) is 24.2. The minimum Gasteiger partial charge on any atom is -0.478 e. The van der Waals surface area contributed by atoms with E-state index in [1.165, 1.54) is 13.2 Å². The third-order valence-electron chi connectivity index (χ3n) is 5.93. The molecule has 1 aromatic heterocycles. The van der Waals surface area contributed by atoms with Crippen LogP contribution in [0.5, 0.6) is 5.75 Å². The number of hydrogen-bond acceptors (Lipinski definition) is 5. The first-order chi connectivity index (χ1) is 16.4. The Kier molecular flexibility index (Phi) is 6.63. The third kappa shape index (κ3) is 4.78. The van der Waals surface area contributed by atoms with Crippen LogP contribution in [-0.2, 0) is 23.0 Å². The maximum atomic E-state index is 12.1. The van der Waals surface area contributed by atoms with E-state index in [9.17, 15) is 14.9 Å². The van der Waals surface area contributed by atoms with Crippen LogP contribution >= 0.6 is 0 Å². The van der Waals surface area contributed by atoms with Gasteiger partial charge in [-0.2, -0.15) is 0 Å². The number of methoxy groups -OCH3 is 1. The lowest BCUT2D eigenvalue weighted by Crippen LogP contribution is -2.07. The summed E-state index contributed by atoms with van der Waals surface area (Å²) in [6.45, 7) is 1.87. The molecule has 4 aromatic rings. The molecule has 0 saturated heterocycles. The van der Waals surface area contributed by atoms with Crippen molar-refractivity contribution < 1.29 is 19.2 Å². The highest BCUT2D eigenvalue weighted by molar-refractivity contribution is 5.88. The molecule has 0 fully saturated rings. The molecule has 34 heavy (non-hydrogen) atoms. The molecule has 0 aliphatic rings. The summed E-state index contributed by atoms with van der Waals surface area (Å²) in [6, 6.07) is 20.9. The number of fused-ring (bicyclic) bond motifs is 1. The van der Waals surface area contributed by atoms with Crippen LogP contribution in [0.4, 0.5) is 5.69 Å². The second-order valence-corrected chi connectivity index (χ2v) is 8.20. The van der Waals surface area contributed by atoms with Gasteiger partial charge in [0.2, 0.25) is 5.75 Å². The Balaban J connectivity index is 1.85. The molecule has 1 atom stereocenters. The minimum atomic E-state index is -0.431. The number of carbonyl (C=O) groups excluding carboxylic acids is 1. The largest absolute Gasteiger partial charge is 0.478 e. The molecule has 0 aliphatic heterocycles. The smallest absolute Gasteiger partial charge is 0.311 e. The summed E-state index contributed by atoms with van der Waals surface area (Å²) in [5.41, 5.74) is 3.92. The molecule has 0 aliphatic carbocycles. The Morgan fingerprint density at radius 1 is 1.09 bits per heavy atom. The molecule has 0 bridgehead atoms. The summed E-state index contributed by atoms with van der Waals surface area (Å²) < 4.78 is 13.0. The van der Waals surface area contributed by atoms with Gasteiger partial charge in [-0.05, 0) is 54.3 Å². The maximum Gasteiger partial charge on any atom is 0.311 e. The summed E-state index contributed by atoms with van der Waals surface area (Å²) in [7, 11) is 3.30. The molecule has 0 spiro atoms. The second kappa shape index (κ2) is 9.79. The topological polar surface area (TPSA) is 83.6 Å². The van der Waals surface area contributed by atoms with Crippen LogP contribution in [0.1, 0.15) is 30.6 Å². The molecule has 4 rings (SSSR count). The van der Waals surface area contributed by atoms with Gasteiger partial charge in [0.25, 0.3) is 0 Å². The van der Waals surface area contributed by atoms with Crippen molar-refractivity contribution in [3.63, 3.8) is 0 Å². The Hall–Kier alpha value is -4.13. The zero-order valence-corrected chi connectivity index (χ0v) is 19.4. The molecule has 3 aromatic carbocycles. The first kappa shape index (κ1) is 23.0. The van der Waals surface area contributed by atoms with Crippen LogP contribution in [0, 0.1) is 10.1 Å². The van der Waals surface area contributed by atoms with Crippen LogP contribution in [0.25, 0.3) is 22.0 Å². The van der Waals surface area contributed by atoms with E-state index in [0.717, 1.165) is 22.0 Å². The predicted octanol–water partition coefficient (Wildman–Crippen LogP) is 6.00. The average molecular weight is 459 g/mol. The van der Waals surface area contributed by atoms with Gasteiger partial charge in [-0.15, -0.1) is 0 Å². The summed E-state index contributed by atoms with van der Waals surface area (Å²) in [6.07, 6.45) is 2.02. The van der Waals surface area contributed by atoms with Gasteiger partial charge in [0.05, 0.1) is 12.0 Å². The summed E-state index contributed by atoms with van der Waals surface area (Å²) in [5.74, 6) is -0.161. The van der Waals surface area contributed by atoms with Crippen LogP contribution in [-0.4, -0.2) is 22.6 Å². The van der Waals surface area contributed by atoms with Crippen LogP contribution < -0.4 is 4.74 Å². The van der Waals surface area contributed by atoms with E-state index in [4.69, 9.17) is 9.47 Å². The van der Waals surface area contributed by atoms with Crippen LogP contribution in [0.3, 0.4) is 0 Å². The fraction of sp³-hybridized carbons (Fsp3) is 0.222. The quantitative estimate of drug-likeness (QED) is 0.184. The number of esters is 1. The summed E-state index contributed by atoms with van der Waals surface area (Å²) >= 11 is 0. The van der Waals surface area contributed by atoms with Crippen molar-refractivity contribution in [2.24, 2.45) is 7.05 Å². The lowest BCUT2D eigenvalue weighted by molar-refractivity contribution is -0.386.